The highest BCUT2D eigenvalue weighted by molar-refractivity contribution is 5.78. The van der Waals surface area contributed by atoms with Gasteiger partial charge < -0.3 is 11.1 Å². The number of piperidine rings is 1. The Kier molecular flexibility index (Phi) is 5.31. The van der Waals surface area contributed by atoms with E-state index in [2.05, 4.69) is 10.2 Å². The van der Waals surface area contributed by atoms with Crippen LogP contribution in [-0.2, 0) is 11.3 Å². The number of nitrogens with zero attached hydrogens (tertiary/aromatic N) is 1. The van der Waals surface area contributed by atoms with Gasteiger partial charge in [-0.2, -0.15) is 0 Å². The molecule has 1 amide bonds. The van der Waals surface area contributed by atoms with E-state index < -0.39 is 0 Å². The molecular formula is C16H24FN3O. The minimum Gasteiger partial charge on any atom is -0.351 e. The van der Waals surface area contributed by atoms with E-state index in [4.69, 9.17) is 5.73 Å². The maximum Gasteiger partial charge on any atom is 0.234 e. The lowest BCUT2D eigenvalue weighted by Gasteiger charge is -2.29. The summed E-state index contributed by atoms with van der Waals surface area (Å²) in [5.74, 6) is -0.167. The van der Waals surface area contributed by atoms with Crippen molar-refractivity contribution in [3.8, 4) is 0 Å². The molecule has 1 fully saturated rings. The first kappa shape index (κ1) is 15.9. The number of aryl methyl sites for hydroxylation is 2. The second-order valence-electron chi connectivity index (χ2n) is 5.93. The van der Waals surface area contributed by atoms with Crippen LogP contribution in [0, 0.1) is 19.7 Å². The van der Waals surface area contributed by atoms with Gasteiger partial charge in [-0.05, 0) is 43.4 Å². The fraction of sp³-hybridized carbons (Fsp3) is 0.562. The normalized spacial score (nSPS) is 17.0. The van der Waals surface area contributed by atoms with E-state index in [1.165, 1.54) is 0 Å². The Balaban J connectivity index is 1.81. The van der Waals surface area contributed by atoms with Crippen molar-refractivity contribution in [2.24, 2.45) is 5.73 Å². The van der Waals surface area contributed by atoms with Crippen molar-refractivity contribution in [3.05, 3.63) is 34.6 Å². The summed E-state index contributed by atoms with van der Waals surface area (Å²) in [6.07, 6.45) is 1.90. The van der Waals surface area contributed by atoms with Crippen LogP contribution in [0.15, 0.2) is 12.1 Å². The van der Waals surface area contributed by atoms with Gasteiger partial charge in [-0.25, -0.2) is 4.39 Å². The average Bonchev–Trinajstić information content (AvgIpc) is 2.45. The molecule has 1 aliphatic heterocycles. The van der Waals surface area contributed by atoms with Crippen molar-refractivity contribution < 1.29 is 9.18 Å². The third kappa shape index (κ3) is 4.51. The Hall–Kier alpha value is -1.46. The van der Waals surface area contributed by atoms with Crippen LogP contribution in [0.4, 0.5) is 4.39 Å². The molecule has 0 bridgehead atoms. The highest BCUT2D eigenvalue weighted by atomic mass is 19.1. The fourth-order valence-electron chi connectivity index (χ4n) is 2.71. The summed E-state index contributed by atoms with van der Waals surface area (Å²) in [6.45, 7) is 6.09. The van der Waals surface area contributed by atoms with E-state index >= 15 is 0 Å². The molecule has 0 aromatic heterocycles. The van der Waals surface area contributed by atoms with Gasteiger partial charge in [0.25, 0.3) is 0 Å². The molecule has 5 heteroatoms. The van der Waals surface area contributed by atoms with Crippen molar-refractivity contribution in [3.63, 3.8) is 0 Å². The molecule has 0 spiro atoms. The van der Waals surface area contributed by atoms with Gasteiger partial charge in [-0.3, -0.25) is 9.69 Å². The van der Waals surface area contributed by atoms with Crippen LogP contribution in [0.2, 0.25) is 0 Å². The lowest BCUT2D eigenvalue weighted by molar-refractivity contribution is -0.122. The molecule has 0 atom stereocenters. The van der Waals surface area contributed by atoms with Crippen LogP contribution < -0.4 is 11.1 Å². The quantitative estimate of drug-likeness (QED) is 0.884. The molecule has 1 heterocycles. The molecular weight excluding hydrogens is 269 g/mol. The number of hydrogen-bond acceptors (Lipinski definition) is 3. The minimum absolute atomic E-state index is 0.00472. The molecule has 0 radical (unpaired) electrons. The van der Waals surface area contributed by atoms with Gasteiger partial charge in [0.1, 0.15) is 5.82 Å². The van der Waals surface area contributed by atoms with Crippen molar-refractivity contribution in [2.75, 3.05) is 19.6 Å². The molecule has 0 aliphatic carbocycles. The van der Waals surface area contributed by atoms with E-state index in [9.17, 15) is 9.18 Å². The molecule has 1 aromatic rings. The highest BCUT2D eigenvalue weighted by Crippen LogP contribution is 2.14. The van der Waals surface area contributed by atoms with Gasteiger partial charge in [-0.1, -0.05) is 12.1 Å². The molecule has 3 N–H and O–H groups in total. The maximum absolute atomic E-state index is 13.5. The molecule has 0 saturated carbocycles. The van der Waals surface area contributed by atoms with Gasteiger partial charge in [0.05, 0.1) is 6.54 Å². The van der Waals surface area contributed by atoms with Gasteiger partial charge in [0.15, 0.2) is 0 Å². The van der Waals surface area contributed by atoms with E-state index in [1.807, 2.05) is 0 Å². The highest BCUT2D eigenvalue weighted by Gasteiger charge is 2.18. The van der Waals surface area contributed by atoms with E-state index in [-0.39, 0.29) is 17.8 Å². The summed E-state index contributed by atoms with van der Waals surface area (Å²) in [5.41, 5.74) is 8.01. The smallest absolute Gasteiger partial charge is 0.234 e. The van der Waals surface area contributed by atoms with Gasteiger partial charge in [0, 0.05) is 25.7 Å². The zero-order valence-corrected chi connectivity index (χ0v) is 12.8. The van der Waals surface area contributed by atoms with Crippen molar-refractivity contribution in [1.29, 1.82) is 0 Å². The number of rotatable bonds is 4. The Morgan fingerprint density at radius 1 is 1.33 bits per heavy atom. The van der Waals surface area contributed by atoms with Gasteiger partial charge in [-0.15, -0.1) is 0 Å². The van der Waals surface area contributed by atoms with Crippen LogP contribution in [0.1, 0.15) is 29.5 Å². The Morgan fingerprint density at radius 2 is 1.90 bits per heavy atom. The standard InChI is InChI=1S/C16H24FN3O/c1-11-7-13(8-12(2)16(11)17)9-19-15(21)10-20-5-3-14(18)4-6-20/h7-8,14H,3-6,9-10,18H2,1-2H3,(H,19,21). The van der Waals surface area contributed by atoms with Crippen LogP contribution in [0.5, 0.6) is 0 Å². The second kappa shape index (κ2) is 7.00. The first-order valence-electron chi connectivity index (χ1n) is 7.46. The summed E-state index contributed by atoms with van der Waals surface area (Å²) in [4.78, 5) is 14.1. The fourth-order valence-corrected chi connectivity index (χ4v) is 2.71. The molecule has 1 aromatic carbocycles. The van der Waals surface area contributed by atoms with Crippen LogP contribution in [0.3, 0.4) is 0 Å². The maximum atomic E-state index is 13.5. The number of likely N-dealkylation sites (tertiary alicyclic amines) is 1. The molecule has 1 aliphatic rings. The number of benzene rings is 1. The molecule has 2 rings (SSSR count). The van der Waals surface area contributed by atoms with E-state index in [0.29, 0.717) is 24.2 Å². The lowest BCUT2D eigenvalue weighted by atomic mass is 10.1. The number of amides is 1. The molecule has 0 unspecified atom stereocenters. The van der Waals surface area contributed by atoms with Gasteiger partial charge >= 0.3 is 0 Å². The molecule has 21 heavy (non-hydrogen) atoms. The van der Waals surface area contributed by atoms with E-state index in [1.54, 1.807) is 26.0 Å². The summed E-state index contributed by atoms with van der Waals surface area (Å²) >= 11 is 0. The number of hydrogen-bond donors (Lipinski definition) is 2. The van der Waals surface area contributed by atoms with Crippen LogP contribution in [0.25, 0.3) is 0 Å². The SMILES string of the molecule is Cc1cc(CNC(=O)CN2CCC(N)CC2)cc(C)c1F. The predicted molar refractivity (Wildman–Crippen MR) is 81.4 cm³/mol. The second-order valence-corrected chi connectivity index (χ2v) is 5.93. The molecule has 1 saturated heterocycles. The first-order chi connectivity index (χ1) is 9.95. The lowest BCUT2D eigenvalue weighted by Crippen LogP contribution is -2.44. The summed E-state index contributed by atoms with van der Waals surface area (Å²) in [5, 5.41) is 2.90. The third-order valence-corrected chi connectivity index (χ3v) is 3.99. The van der Waals surface area contributed by atoms with Crippen LogP contribution in [-0.4, -0.2) is 36.5 Å². The topological polar surface area (TPSA) is 58.4 Å². The molecule has 116 valence electrons. The Morgan fingerprint density at radius 3 is 2.48 bits per heavy atom. The minimum atomic E-state index is -0.172. The van der Waals surface area contributed by atoms with Crippen LogP contribution >= 0.6 is 0 Å². The molecule has 4 nitrogen and oxygen atoms in total. The number of halogens is 1. The van der Waals surface area contributed by atoms with Gasteiger partial charge in [0.2, 0.25) is 5.91 Å². The average molecular weight is 293 g/mol. The van der Waals surface area contributed by atoms with Crippen molar-refractivity contribution in [1.82, 2.24) is 10.2 Å². The zero-order chi connectivity index (χ0) is 15.4. The van der Waals surface area contributed by atoms with Crippen molar-refractivity contribution in [2.45, 2.75) is 39.3 Å². The Labute approximate surface area is 125 Å². The number of nitrogens with one attached hydrogen (secondary N) is 1. The summed E-state index contributed by atoms with van der Waals surface area (Å²) < 4.78 is 13.5. The predicted octanol–water partition coefficient (Wildman–Crippen LogP) is 1.48. The number of carbonyl (C=O) groups is 1. The largest absolute Gasteiger partial charge is 0.351 e. The zero-order valence-electron chi connectivity index (χ0n) is 12.8. The summed E-state index contributed by atoms with van der Waals surface area (Å²) in [6, 6.07) is 3.83. The number of nitrogens with two attached hydrogens (primary N) is 1. The first-order valence-corrected chi connectivity index (χ1v) is 7.46. The van der Waals surface area contributed by atoms with Crippen molar-refractivity contribution >= 4 is 5.91 Å². The number of carbonyl (C=O) groups excluding carboxylic acids is 1. The third-order valence-electron chi connectivity index (χ3n) is 3.99. The van der Waals surface area contributed by atoms with E-state index in [0.717, 1.165) is 31.5 Å². The summed E-state index contributed by atoms with van der Waals surface area (Å²) in [7, 11) is 0. The Bertz CT molecular complexity index is 487. The monoisotopic (exact) mass is 293 g/mol.